The van der Waals surface area contributed by atoms with Crippen molar-refractivity contribution in [3.05, 3.63) is 11.6 Å². The first-order valence-electron chi connectivity index (χ1n) is 6.90. The molecule has 0 saturated carbocycles. The third-order valence-corrected chi connectivity index (χ3v) is 3.08. The minimum absolute atomic E-state index is 0.193. The van der Waals surface area contributed by atoms with Gasteiger partial charge < -0.3 is 9.80 Å². The lowest BCUT2D eigenvalue weighted by molar-refractivity contribution is -0.131. The quantitative estimate of drug-likeness (QED) is 0.622. The van der Waals surface area contributed by atoms with E-state index in [-0.39, 0.29) is 5.91 Å². The molecule has 0 aromatic rings. The Hall–Kier alpha value is -0.830. The van der Waals surface area contributed by atoms with E-state index in [1.807, 2.05) is 4.90 Å². The second-order valence-corrected chi connectivity index (χ2v) is 5.58. The van der Waals surface area contributed by atoms with Gasteiger partial charge in [-0.1, -0.05) is 11.6 Å². The lowest BCUT2D eigenvalue weighted by atomic mass is 10.1. The molecule has 0 aromatic carbocycles. The van der Waals surface area contributed by atoms with Gasteiger partial charge in [-0.25, -0.2) is 0 Å². The first kappa shape index (κ1) is 17.2. The first-order valence-corrected chi connectivity index (χ1v) is 6.90. The minimum Gasteiger partial charge on any atom is -0.340 e. The second kappa shape index (κ2) is 9.15. The summed E-state index contributed by atoms with van der Waals surface area (Å²) in [5.41, 5.74) is 1.35. The Bertz CT molecular complexity index is 268. The number of carbonyl (C=O) groups excluding carboxylic acids is 1. The van der Waals surface area contributed by atoms with Crippen LogP contribution < -0.4 is 0 Å². The van der Waals surface area contributed by atoms with Crippen LogP contribution in [0.5, 0.6) is 0 Å². The van der Waals surface area contributed by atoms with Crippen LogP contribution in [0.25, 0.3) is 0 Å². The average molecular weight is 254 g/mol. The van der Waals surface area contributed by atoms with E-state index in [9.17, 15) is 4.79 Å². The molecule has 0 N–H and O–H groups in total. The second-order valence-electron chi connectivity index (χ2n) is 5.58. The van der Waals surface area contributed by atoms with Gasteiger partial charge in [0.05, 0.1) is 0 Å². The van der Waals surface area contributed by atoms with Gasteiger partial charge in [0.1, 0.15) is 0 Å². The molecular weight excluding hydrogens is 224 g/mol. The predicted octanol–water partition coefficient (Wildman–Crippen LogP) is 2.92. The molecule has 0 saturated heterocycles. The predicted molar refractivity (Wildman–Crippen MR) is 78.7 cm³/mol. The van der Waals surface area contributed by atoms with Crippen LogP contribution in [0.15, 0.2) is 11.6 Å². The van der Waals surface area contributed by atoms with E-state index in [1.54, 1.807) is 6.92 Å². The Morgan fingerprint density at radius 1 is 1.17 bits per heavy atom. The van der Waals surface area contributed by atoms with E-state index >= 15 is 0 Å². The number of hydrogen-bond donors (Lipinski definition) is 0. The summed E-state index contributed by atoms with van der Waals surface area (Å²) in [4.78, 5) is 15.8. The van der Waals surface area contributed by atoms with Crippen LogP contribution in [0.3, 0.4) is 0 Å². The number of amides is 1. The maximum Gasteiger partial charge on any atom is 0.219 e. The fourth-order valence-electron chi connectivity index (χ4n) is 2.01. The van der Waals surface area contributed by atoms with Crippen LogP contribution in [0.1, 0.15) is 47.0 Å². The van der Waals surface area contributed by atoms with E-state index in [1.165, 1.54) is 5.57 Å². The van der Waals surface area contributed by atoms with Crippen molar-refractivity contribution in [3.63, 3.8) is 0 Å². The molecule has 0 unspecified atom stereocenters. The van der Waals surface area contributed by atoms with Crippen molar-refractivity contribution in [2.45, 2.75) is 53.0 Å². The SMILES string of the molecule is CC(=O)N(CCCN(C)C)[C@@H](C)CCC=C(C)C. The summed E-state index contributed by atoms with van der Waals surface area (Å²) in [6.07, 6.45) is 5.39. The number of rotatable bonds is 8. The van der Waals surface area contributed by atoms with Gasteiger partial charge in [0.2, 0.25) is 5.91 Å². The lowest BCUT2D eigenvalue weighted by Crippen LogP contribution is -2.38. The average Bonchev–Trinajstić information content (AvgIpc) is 2.22. The standard InChI is InChI=1S/C15H30N2O/c1-13(2)9-7-10-14(3)17(15(4)18)12-8-11-16(5)6/h9,14H,7-8,10-12H2,1-6H3/t14-/m0/s1. The van der Waals surface area contributed by atoms with Crippen LogP contribution in [0.2, 0.25) is 0 Å². The normalized spacial score (nSPS) is 12.4. The van der Waals surface area contributed by atoms with Crippen molar-refractivity contribution < 1.29 is 4.79 Å². The Morgan fingerprint density at radius 2 is 1.78 bits per heavy atom. The topological polar surface area (TPSA) is 23.6 Å². The number of hydrogen-bond acceptors (Lipinski definition) is 2. The molecule has 0 spiro atoms. The first-order chi connectivity index (χ1) is 8.34. The maximum absolute atomic E-state index is 11.7. The lowest BCUT2D eigenvalue weighted by Gasteiger charge is -2.28. The summed E-state index contributed by atoms with van der Waals surface area (Å²) in [6.45, 7) is 9.95. The van der Waals surface area contributed by atoms with Crippen LogP contribution in [0, 0.1) is 0 Å². The Balaban J connectivity index is 4.15. The molecular formula is C15H30N2O. The highest BCUT2D eigenvalue weighted by molar-refractivity contribution is 5.73. The molecule has 0 fully saturated rings. The highest BCUT2D eigenvalue weighted by Gasteiger charge is 2.15. The molecule has 0 aromatic heterocycles. The van der Waals surface area contributed by atoms with E-state index in [2.05, 4.69) is 45.8 Å². The molecule has 0 aliphatic heterocycles. The maximum atomic E-state index is 11.7. The van der Waals surface area contributed by atoms with Crippen molar-refractivity contribution in [1.82, 2.24) is 9.80 Å². The molecule has 0 aliphatic rings. The molecule has 106 valence electrons. The smallest absolute Gasteiger partial charge is 0.219 e. The van der Waals surface area contributed by atoms with E-state index < -0.39 is 0 Å². The fraction of sp³-hybridized carbons (Fsp3) is 0.800. The number of carbonyl (C=O) groups is 1. The third-order valence-electron chi connectivity index (χ3n) is 3.08. The van der Waals surface area contributed by atoms with Crippen molar-refractivity contribution in [2.75, 3.05) is 27.2 Å². The van der Waals surface area contributed by atoms with Crippen LogP contribution in [-0.4, -0.2) is 48.9 Å². The molecule has 0 heterocycles. The summed E-state index contributed by atoms with van der Waals surface area (Å²) >= 11 is 0. The zero-order chi connectivity index (χ0) is 14.1. The molecule has 18 heavy (non-hydrogen) atoms. The number of nitrogens with zero attached hydrogens (tertiary/aromatic N) is 2. The Labute approximate surface area is 113 Å². The van der Waals surface area contributed by atoms with E-state index in [0.29, 0.717) is 6.04 Å². The van der Waals surface area contributed by atoms with Gasteiger partial charge in [-0.2, -0.15) is 0 Å². The highest BCUT2D eigenvalue weighted by atomic mass is 16.2. The zero-order valence-corrected chi connectivity index (χ0v) is 13.0. The van der Waals surface area contributed by atoms with Crippen molar-refractivity contribution >= 4 is 5.91 Å². The van der Waals surface area contributed by atoms with Gasteiger partial charge in [0.25, 0.3) is 0 Å². The van der Waals surface area contributed by atoms with Crippen LogP contribution >= 0.6 is 0 Å². The largest absolute Gasteiger partial charge is 0.340 e. The Kier molecular flexibility index (Phi) is 8.73. The van der Waals surface area contributed by atoms with Gasteiger partial charge in [-0.3, -0.25) is 4.79 Å². The Morgan fingerprint density at radius 3 is 2.22 bits per heavy atom. The summed E-state index contributed by atoms with van der Waals surface area (Å²) < 4.78 is 0. The van der Waals surface area contributed by atoms with Crippen molar-refractivity contribution in [2.24, 2.45) is 0 Å². The fourth-order valence-corrected chi connectivity index (χ4v) is 2.01. The van der Waals surface area contributed by atoms with Gasteiger partial charge in [0, 0.05) is 19.5 Å². The molecule has 0 rings (SSSR count). The third kappa shape index (κ3) is 8.29. The minimum atomic E-state index is 0.193. The molecule has 1 atom stereocenters. The molecule has 3 heteroatoms. The van der Waals surface area contributed by atoms with E-state index in [0.717, 1.165) is 32.4 Å². The van der Waals surface area contributed by atoms with Gasteiger partial charge >= 0.3 is 0 Å². The monoisotopic (exact) mass is 254 g/mol. The molecule has 0 aliphatic carbocycles. The zero-order valence-electron chi connectivity index (χ0n) is 13.0. The molecule has 3 nitrogen and oxygen atoms in total. The van der Waals surface area contributed by atoms with Gasteiger partial charge in [0.15, 0.2) is 0 Å². The summed E-state index contributed by atoms with van der Waals surface area (Å²) in [6, 6.07) is 0.334. The summed E-state index contributed by atoms with van der Waals surface area (Å²) in [7, 11) is 4.13. The van der Waals surface area contributed by atoms with Crippen molar-refractivity contribution in [1.29, 1.82) is 0 Å². The highest BCUT2D eigenvalue weighted by Crippen LogP contribution is 2.09. The van der Waals surface area contributed by atoms with Crippen LogP contribution in [-0.2, 0) is 4.79 Å². The molecule has 0 radical (unpaired) electrons. The van der Waals surface area contributed by atoms with E-state index in [4.69, 9.17) is 0 Å². The number of allylic oxidation sites excluding steroid dienone is 2. The summed E-state index contributed by atoms with van der Waals surface area (Å²) in [5, 5.41) is 0. The van der Waals surface area contributed by atoms with Gasteiger partial charge in [-0.15, -0.1) is 0 Å². The molecule has 0 bridgehead atoms. The molecule has 1 amide bonds. The summed E-state index contributed by atoms with van der Waals surface area (Å²) in [5.74, 6) is 0.193. The van der Waals surface area contributed by atoms with Crippen LogP contribution in [0.4, 0.5) is 0 Å². The van der Waals surface area contributed by atoms with Gasteiger partial charge in [-0.05, 0) is 60.7 Å². The van der Waals surface area contributed by atoms with Crippen molar-refractivity contribution in [3.8, 4) is 0 Å².